The molecule has 1 rings (SSSR count). The number of allylic oxidation sites excluding steroid dienone is 2. The molecule has 0 spiro atoms. The minimum Gasteiger partial charge on any atom is -0.380 e. The van der Waals surface area contributed by atoms with Gasteiger partial charge < -0.3 is 10.1 Å². The molecule has 1 aliphatic carbocycles. The Balaban J connectivity index is 2.47. The molecule has 2 heteroatoms. The van der Waals surface area contributed by atoms with Crippen molar-refractivity contribution in [3.05, 3.63) is 24.3 Å². The van der Waals surface area contributed by atoms with Gasteiger partial charge in [0.15, 0.2) is 0 Å². The van der Waals surface area contributed by atoms with E-state index in [0.29, 0.717) is 0 Å². The van der Waals surface area contributed by atoms with Crippen LogP contribution in [0.2, 0.25) is 0 Å². The van der Waals surface area contributed by atoms with Gasteiger partial charge in [0.05, 0.1) is 6.61 Å². The molecule has 0 heterocycles. The van der Waals surface area contributed by atoms with E-state index >= 15 is 0 Å². The topological polar surface area (TPSA) is 21.3 Å². The second-order valence-electron chi connectivity index (χ2n) is 5.61. The molecular formula is C14H25NO. The van der Waals surface area contributed by atoms with Crippen LogP contribution in [-0.4, -0.2) is 25.3 Å². The summed E-state index contributed by atoms with van der Waals surface area (Å²) in [5.41, 5.74) is 0.213. The van der Waals surface area contributed by atoms with E-state index in [1.165, 1.54) is 0 Å². The first-order chi connectivity index (χ1) is 7.47. The second kappa shape index (κ2) is 5.65. The molecule has 0 aliphatic heterocycles. The molecule has 0 fully saturated rings. The van der Waals surface area contributed by atoms with E-state index in [0.717, 1.165) is 26.2 Å². The molecule has 1 N–H and O–H groups in total. The Morgan fingerprint density at radius 1 is 1.19 bits per heavy atom. The summed E-state index contributed by atoms with van der Waals surface area (Å²) < 4.78 is 5.69. The molecule has 0 unspecified atom stereocenters. The summed E-state index contributed by atoms with van der Waals surface area (Å²) in [6, 6.07) is 0. The van der Waals surface area contributed by atoms with Gasteiger partial charge in [-0.15, -0.1) is 0 Å². The van der Waals surface area contributed by atoms with Gasteiger partial charge in [-0.05, 0) is 27.2 Å². The molecule has 0 saturated carbocycles. The maximum Gasteiger partial charge on any atom is 0.0604 e. The van der Waals surface area contributed by atoms with E-state index < -0.39 is 0 Å². The first-order valence-corrected chi connectivity index (χ1v) is 6.17. The minimum atomic E-state index is 0.0580. The molecule has 0 amide bonds. The van der Waals surface area contributed by atoms with Gasteiger partial charge in [0.25, 0.3) is 0 Å². The third-order valence-electron chi connectivity index (χ3n) is 2.63. The lowest BCUT2D eigenvalue weighted by atomic mass is 9.90. The molecule has 2 nitrogen and oxygen atoms in total. The second-order valence-corrected chi connectivity index (χ2v) is 5.61. The Labute approximate surface area is 99.8 Å². The van der Waals surface area contributed by atoms with Crippen molar-refractivity contribution in [3.8, 4) is 0 Å². The van der Waals surface area contributed by atoms with Crippen molar-refractivity contribution < 1.29 is 4.74 Å². The van der Waals surface area contributed by atoms with Gasteiger partial charge >= 0.3 is 0 Å². The van der Waals surface area contributed by atoms with Crippen LogP contribution in [-0.2, 0) is 4.74 Å². The fraction of sp³-hybridized carbons (Fsp3) is 0.714. The van der Waals surface area contributed by atoms with Crippen LogP contribution in [0, 0.1) is 5.41 Å². The van der Waals surface area contributed by atoms with Crippen molar-refractivity contribution in [3.63, 3.8) is 0 Å². The molecule has 0 aromatic rings. The van der Waals surface area contributed by atoms with Crippen LogP contribution in [0.5, 0.6) is 0 Å². The lowest BCUT2D eigenvalue weighted by Gasteiger charge is -2.30. The molecule has 0 bridgehead atoms. The summed E-state index contributed by atoms with van der Waals surface area (Å²) in [5, 5.41) is 3.55. The third-order valence-corrected chi connectivity index (χ3v) is 2.63. The Morgan fingerprint density at radius 2 is 1.81 bits per heavy atom. The predicted octanol–water partition coefficient (Wildman–Crippen LogP) is 2.91. The monoisotopic (exact) mass is 223 g/mol. The normalized spacial score (nSPS) is 18.2. The molecule has 0 atom stereocenters. The van der Waals surface area contributed by atoms with Crippen molar-refractivity contribution in [2.24, 2.45) is 5.41 Å². The zero-order valence-corrected chi connectivity index (χ0v) is 11.0. The average Bonchev–Trinajstić information content (AvgIpc) is 2.64. The number of ether oxygens (including phenoxy) is 1. The highest BCUT2D eigenvalue weighted by atomic mass is 16.5. The molecular weight excluding hydrogens is 198 g/mol. The third kappa shape index (κ3) is 4.50. The highest BCUT2D eigenvalue weighted by Crippen LogP contribution is 2.26. The molecule has 92 valence electrons. The average molecular weight is 223 g/mol. The zero-order valence-electron chi connectivity index (χ0n) is 11.0. The van der Waals surface area contributed by atoms with E-state index in [2.05, 4.69) is 57.3 Å². The number of hydrogen-bond acceptors (Lipinski definition) is 2. The molecule has 0 aromatic heterocycles. The van der Waals surface area contributed by atoms with E-state index in [9.17, 15) is 0 Å². The first kappa shape index (κ1) is 13.5. The highest BCUT2D eigenvalue weighted by Gasteiger charge is 2.27. The summed E-state index contributed by atoms with van der Waals surface area (Å²) in [4.78, 5) is 0. The molecule has 0 saturated heterocycles. The van der Waals surface area contributed by atoms with E-state index in [1.807, 2.05) is 0 Å². The smallest absolute Gasteiger partial charge is 0.0604 e. The number of rotatable bonds is 6. The van der Waals surface area contributed by atoms with Crippen molar-refractivity contribution in [2.75, 3.05) is 19.8 Å². The predicted molar refractivity (Wildman–Crippen MR) is 69.6 cm³/mol. The Morgan fingerprint density at radius 3 is 2.31 bits per heavy atom. The highest BCUT2D eigenvalue weighted by molar-refractivity contribution is 5.26. The van der Waals surface area contributed by atoms with Crippen LogP contribution in [0.25, 0.3) is 0 Å². The molecule has 16 heavy (non-hydrogen) atoms. The standard InChI is InChI=1S/C14H25NO/c1-5-10-16-12-14(8-6-7-9-14)11-15-13(2,3)4/h6-9,15H,5,10-12H2,1-4H3. The summed E-state index contributed by atoms with van der Waals surface area (Å²) >= 11 is 0. The van der Waals surface area contributed by atoms with Crippen LogP contribution < -0.4 is 5.32 Å². The largest absolute Gasteiger partial charge is 0.380 e. The fourth-order valence-corrected chi connectivity index (χ4v) is 1.65. The quantitative estimate of drug-likeness (QED) is 0.699. The summed E-state index contributed by atoms with van der Waals surface area (Å²) in [6.07, 6.45) is 9.78. The van der Waals surface area contributed by atoms with Gasteiger partial charge in [-0.25, -0.2) is 0 Å². The van der Waals surface area contributed by atoms with Crippen LogP contribution in [0.3, 0.4) is 0 Å². The van der Waals surface area contributed by atoms with Crippen LogP contribution in [0.1, 0.15) is 34.1 Å². The van der Waals surface area contributed by atoms with Gasteiger partial charge in [-0.1, -0.05) is 31.2 Å². The molecule has 0 aromatic carbocycles. The number of nitrogens with one attached hydrogen (secondary N) is 1. The van der Waals surface area contributed by atoms with Crippen molar-refractivity contribution in [1.82, 2.24) is 5.32 Å². The van der Waals surface area contributed by atoms with Crippen LogP contribution in [0.4, 0.5) is 0 Å². The van der Waals surface area contributed by atoms with Gasteiger partial charge in [0, 0.05) is 24.1 Å². The van der Waals surface area contributed by atoms with Crippen LogP contribution in [0.15, 0.2) is 24.3 Å². The molecule has 1 aliphatic rings. The van der Waals surface area contributed by atoms with Gasteiger partial charge in [-0.3, -0.25) is 0 Å². The Hall–Kier alpha value is -0.600. The number of hydrogen-bond donors (Lipinski definition) is 1. The van der Waals surface area contributed by atoms with E-state index in [-0.39, 0.29) is 11.0 Å². The van der Waals surface area contributed by atoms with Crippen LogP contribution >= 0.6 is 0 Å². The first-order valence-electron chi connectivity index (χ1n) is 6.17. The zero-order chi connectivity index (χ0) is 12.1. The summed E-state index contributed by atoms with van der Waals surface area (Å²) in [7, 11) is 0. The van der Waals surface area contributed by atoms with Crippen molar-refractivity contribution >= 4 is 0 Å². The van der Waals surface area contributed by atoms with E-state index in [4.69, 9.17) is 4.74 Å². The van der Waals surface area contributed by atoms with E-state index in [1.54, 1.807) is 0 Å². The lowest BCUT2D eigenvalue weighted by molar-refractivity contribution is 0.0857. The van der Waals surface area contributed by atoms with Gasteiger partial charge in [0.2, 0.25) is 0 Å². The summed E-state index contributed by atoms with van der Waals surface area (Å²) in [5.74, 6) is 0. The molecule has 0 radical (unpaired) electrons. The van der Waals surface area contributed by atoms with Crippen molar-refractivity contribution in [1.29, 1.82) is 0 Å². The van der Waals surface area contributed by atoms with Crippen molar-refractivity contribution in [2.45, 2.75) is 39.7 Å². The maximum absolute atomic E-state index is 5.69. The summed E-state index contributed by atoms with van der Waals surface area (Å²) in [6.45, 7) is 11.3. The lowest BCUT2D eigenvalue weighted by Crippen LogP contribution is -2.44. The Bertz CT molecular complexity index is 248. The fourth-order valence-electron chi connectivity index (χ4n) is 1.65. The van der Waals surface area contributed by atoms with Gasteiger partial charge in [0.1, 0.15) is 0 Å². The maximum atomic E-state index is 5.69. The SMILES string of the molecule is CCCOCC1(CNC(C)(C)C)C=CC=C1. The minimum absolute atomic E-state index is 0.0580. The van der Waals surface area contributed by atoms with Gasteiger partial charge in [-0.2, -0.15) is 0 Å². The Kier molecular flexibility index (Phi) is 4.75.